The molecule has 0 bridgehead atoms. The van der Waals surface area contributed by atoms with Crippen LogP contribution in [0.5, 0.6) is 0 Å². The molecule has 1 heterocycles. The lowest BCUT2D eigenvalue weighted by Gasteiger charge is -2.40. The maximum Gasteiger partial charge on any atom is 0.0699 e. The van der Waals surface area contributed by atoms with Crippen molar-refractivity contribution in [2.24, 2.45) is 5.92 Å². The summed E-state index contributed by atoms with van der Waals surface area (Å²) in [6, 6.07) is 46.7. The lowest BCUT2D eigenvalue weighted by atomic mass is 9.94. The van der Waals surface area contributed by atoms with Crippen molar-refractivity contribution in [1.82, 2.24) is 0 Å². The van der Waals surface area contributed by atoms with Crippen LogP contribution in [0, 0.1) is 12.8 Å². The summed E-state index contributed by atoms with van der Waals surface area (Å²) in [5, 5.41) is 5.34. The smallest absolute Gasteiger partial charge is 0.0699 e. The summed E-state index contributed by atoms with van der Waals surface area (Å²) in [6.45, 7) is 5.54. The van der Waals surface area contributed by atoms with E-state index in [2.05, 4.69) is 151 Å². The number of rotatable bonds is 6. The van der Waals surface area contributed by atoms with E-state index in [-0.39, 0.29) is 7.43 Å². The van der Waals surface area contributed by atoms with Crippen molar-refractivity contribution < 1.29 is 0 Å². The Morgan fingerprint density at radius 2 is 1.15 bits per heavy atom. The molecular weight excluding hydrogens is 496 g/mol. The van der Waals surface area contributed by atoms with Crippen LogP contribution in [0.3, 0.4) is 0 Å². The first-order valence-electron chi connectivity index (χ1n) is 14.4. The Morgan fingerprint density at radius 3 is 1.80 bits per heavy atom. The minimum Gasteiger partial charge on any atom is -0.338 e. The van der Waals surface area contributed by atoms with Gasteiger partial charge in [-0.2, -0.15) is 0 Å². The van der Waals surface area contributed by atoms with Gasteiger partial charge >= 0.3 is 0 Å². The molecule has 0 N–H and O–H groups in total. The molecule has 0 saturated heterocycles. The van der Waals surface area contributed by atoms with Gasteiger partial charge in [0.05, 0.1) is 22.7 Å². The van der Waals surface area contributed by atoms with E-state index in [1.807, 2.05) is 0 Å². The molecule has 0 fully saturated rings. The van der Waals surface area contributed by atoms with Crippen LogP contribution in [0.2, 0.25) is 0 Å². The normalized spacial score (nSPS) is 13.0. The van der Waals surface area contributed by atoms with E-state index >= 15 is 0 Å². The maximum atomic E-state index is 2.52. The quantitative estimate of drug-likeness (QED) is 0.196. The van der Waals surface area contributed by atoms with Crippen molar-refractivity contribution in [3.63, 3.8) is 0 Å². The summed E-state index contributed by atoms with van der Waals surface area (Å²) in [6.07, 6.45) is 2.19. The Kier molecular flexibility index (Phi) is 7.24. The van der Waals surface area contributed by atoms with Gasteiger partial charge in [0.2, 0.25) is 0 Å². The van der Waals surface area contributed by atoms with E-state index in [1.54, 1.807) is 0 Å². The first-order valence-corrected chi connectivity index (χ1v) is 14.4. The number of aryl methyl sites for hydroxylation is 1. The third kappa shape index (κ3) is 4.95. The Bertz CT molecular complexity index is 1770. The molecule has 1 aliphatic heterocycles. The van der Waals surface area contributed by atoms with Crippen molar-refractivity contribution in [2.45, 2.75) is 34.1 Å². The van der Waals surface area contributed by atoms with Crippen LogP contribution in [0.4, 0.5) is 28.4 Å². The lowest BCUT2D eigenvalue weighted by molar-refractivity contribution is 0.535. The number of benzene rings is 6. The Labute approximate surface area is 244 Å². The van der Waals surface area contributed by atoms with Gasteiger partial charge in [0.25, 0.3) is 0 Å². The van der Waals surface area contributed by atoms with Crippen LogP contribution in [0.25, 0.3) is 21.5 Å². The van der Waals surface area contributed by atoms with Crippen LogP contribution in [-0.2, 0) is 6.42 Å². The van der Waals surface area contributed by atoms with Gasteiger partial charge < -0.3 is 9.80 Å². The van der Waals surface area contributed by atoms with E-state index in [0.717, 1.165) is 19.4 Å². The summed E-state index contributed by atoms with van der Waals surface area (Å²) in [5.41, 5.74) is 8.92. The van der Waals surface area contributed by atoms with Gasteiger partial charge in [0.1, 0.15) is 0 Å². The second-order valence-electron chi connectivity index (χ2n) is 11.2. The van der Waals surface area contributed by atoms with Crippen LogP contribution in [0.15, 0.2) is 127 Å². The molecule has 0 radical (unpaired) electrons. The summed E-state index contributed by atoms with van der Waals surface area (Å²) in [4.78, 5) is 4.92. The molecule has 1 aliphatic rings. The molecule has 1 unspecified atom stereocenters. The highest BCUT2D eigenvalue weighted by Crippen LogP contribution is 2.51. The predicted molar refractivity (Wildman–Crippen MR) is 179 cm³/mol. The Balaban J connectivity index is 0.00000302. The summed E-state index contributed by atoms with van der Waals surface area (Å²) >= 11 is 0. The molecule has 6 aromatic carbocycles. The highest BCUT2D eigenvalue weighted by Gasteiger charge is 2.28. The molecule has 41 heavy (non-hydrogen) atoms. The number of nitrogens with zero attached hydrogens (tertiary/aromatic N) is 2. The molecule has 0 saturated carbocycles. The van der Waals surface area contributed by atoms with Crippen molar-refractivity contribution in [1.29, 1.82) is 0 Å². The SMILES string of the molecule is C.Cc1ccc2c(ccc3cc(CC(C)CCN4c5ccccc5N(c5ccccc5)c5ccccc54)ccc32)c1. The molecule has 0 spiro atoms. The summed E-state index contributed by atoms with van der Waals surface area (Å²) in [5.74, 6) is 0.562. The van der Waals surface area contributed by atoms with E-state index < -0.39 is 0 Å². The average Bonchev–Trinajstić information content (AvgIpc) is 2.99. The van der Waals surface area contributed by atoms with Gasteiger partial charge in [-0.15, -0.1) is 0 Å². The van der Waals surface area contributed by atoms with Crippen molar-refractivity contribution in [2.75, 3.05) is 16.3 Å². The fourth-order valence-electron chi connectivity index (χ4n) is 6.34. The molecule has 2 nitrogen and oxygen atoms in total. The zero-order valence-corrected chi connectivity index (χ0v) is 23.2. The van der Waals surface area contributed by atoms with Crippen molar-refractivity contribution >= 4 is 50.0 Å². The van der Waals surface area contributed by atoms with E-state index in [9.17, 15) is 0 Å². The van der Waals surface area contributed by atoms with Crippen LogP contribution in [0.1, 0.15) is 31.9 Å². The number of hydrogen-bond acceptors (Lipinski definition) is 2. The number of anilines is 5. The topological polar surface area (TPSA) is 6.48 Å². The van der Waals surface area contributed by atoms with Crippen LogP contribution >= 0.6 is 0 Å². The first kappa shape index (κ1) is 26.7. The first-order chi connectivity index (χ1) is 19.7. The minimum absolute atomic E-state index is 0. The standard InChI is InChI=1S/C38H34N2.CH4/c1-27-16-20-33-30(25-27)18-19-31-26-29(17-21-34(31)33)24-28(2)22-23-39-35-12-6-8-14-37(35)40(32-10-4-3-5-11-32)38-15-9-7-13-36(38)39;/h3-21,25-26,28H,22-24H2,1-2H3;1H4. The minimum atomic E-state index is 0. The largest absolute Gasteiger partial charge is 0.338 e. The molecular formula is C39H38N2. The highest BCUT2D eigenvalue weighted by atomic mass is 15.3. The van der Waals surface area contributed by atoms with E-state index in [1.165, 1.54) is 61.1 Å². The fraction of sp³-hybridized carbons (Fsp3) is 0.179. The van der Waals surface area contributed by atoms with Crippen LogP contribution < -0.4 is 9.80 Å². The zero-order valence-electron chi connectivity index (χ0n) is 23.2. The number of fused-ring (bicyclic) bond motifs is 5. The van der Waals surface area contributed by atoms with E-state index in [4.69, 9.17) is 0 Å². The fourth-order valence-corrected chi connectivity index (χ4v) is 6.34. The Hall–Kier alpha value is -4.56. The third-order valence-electron chi connectivity index (χ3n) is 8.33. The molecule has 0 amide bonds. The maximum absolute atomic E-state index is 2.52. The summed E-state index contributed by atoms with van der Waals surface area (Å²) < 4.78 is 0. The number of para-hydroxylation sites is 5. The predicted octanol–water partition coefficient (Wildman–Crippen LogP) is 11.1. The van der Waals surface area contributed by atoms with E-state index in [0.29, 0.717) is 5.92 Å². The van der Waals surface area contributed by atoms with Crippen molar-refractivity contribution in [3.05, 3.63) is 139 Å². The molecule has 1 atom stereocenters. The van der Waals surface area contributed by atoms with Crippen molar-refractivity contribution in [3.8, 4) is 0 Å². The van der Waals surface area contributed by atoms with Gasteiger partial charge in [-0.3, -0.25) is 0 Å². The third-order valence-corrected chi connectivity index (χ3v) is 8.33. The molecule has 6 aromatic rings. The molecule has 204 valence electrons. The summed E-state index contributed by atoms with van der Waals surface area (Å²) in [7, 11) is 0. The second kappa shape index (κ2) is 11.1. The molecule has 0 aromatic heterocycles. The van der Waals surface area contributed by atoms with Crippen LogP contribution in [-0.4, -0.2) is 6.54 Å². The average molecular weight is 535 g/mol. The molecule has 2 heteroatoms. The van der Waals surface area contributed by atoms with Gasteiger partial charge in [0, 0.05) is 12.2 Å². The molecule has 7 rings (SSSR count). The molecule has 0 aliphatic carbocycles. The van der Waals surface area contributed by atoms with Gasteiger partial charge in [-0.1, -0.05) is 111 Å². The Morgan fingerprint density at radius 1 is 0.585 bits per heavy atom. The lowest BCUT2D eigenvalue weighted by Crippen LogP contribution is -2.28. The van der Waals surface area contributed by atoms with Gasteiger partial charge in [0.15, 0.2) is 0 Å². The van der Waals surface area contributed by atoms with Gasteiger partial charge in [-0.25, -0.2) is 0 Å². The van der Waals surface area contributed by atoms with Gasteiger partial charge in [-0.05, 0) is 89.2 Å². The monoisotopic (exact) mass is 534 g/mol. The second-order valence-corrected chi connectivity index (χ2v) is 11.2. The number of hydrogen-bond donors (Lipinski definition) is 0. The zero-order chi connectivity index (χ0) is 27.1. The highest BCUT2D eigenvalue weighted by molar-refractivity contribution is 6.07.